The first-order chi connectivity index (χ1) is 14.4. The van der Waals surface area contributed by atoms with Crippen LogP contribution in [0.15, 0.2) is 0 Å². The number of carboxylic acids is 2. The fourth-order valence-corrected chi connectivity index (χ4v) is 3.42. The van der Waals surface area contributed by atoms with E-state index < -0.39 is 18.5 Å². The van der Waals surface area contributed by atoms with Crippen LogP contribution in [0.5, 0.6) is 0 Å². The lowest BCUT2D eigenvalue weighted by Gasteiger charge is -2.25. The van der Waals surface area contributed by atoms with Crippen molar-refractivity contribution in [1.82, 2.24) is 9.80 Å². The Labute approximate surface area is 181 Å². The summed E-state index contributed by atoms with van der Waals surface area (Å²) in [7, 11) is 0. The van der Waals surface area contributed by atoms with Crippen LogP contribution in [-0.2, 0) is 14.4 Å². The van der Waals surface area contributed by atoms with E-state index in [1.165, 1.54) is 61.2 Å². The highest BCUT2D eigenvalue weighted by atomic mass is 16.4. The SMILES string of the molecule is CCCCCCCCCCCCCC(=O)N(CCN(CCO)CC(=O)O)CC(=O)O. The molecule has 8 heteroatoms. The van der Waals surface area contributed by atoms with Crippen LogP contribution < -0.4 is 0 Å². The molecule has 0 radical (unpaired) electrons. The smallest absolute Gasteiger partial charge is 0.323 e. The van der Waals surface area contributed by atoms with Crippen molar-refractivity contribution in [2.75, 3.05) is 39.3 Å². The highest BCUT2D eigenvalue weighted by Crippen LogP contribution is 2.12. The predicted octanol–water partition coefficient (Wildman–Crippen LogP) is 2.98. The maximum Gasteiger partial charge on any atom is 0.323 e. The molecule has 0 rings (SSSR count). The standard InChI is InChI=1S/C22H42N2O6/c1-2-3-4-5-6-7-8-9-10-11-12-13-20(26)24(19-22(29)30)15-14-23(16-17-25)18-21(27)28/h25H,2-19H2,1H3,(H,27,28)(H,29,30). The summed E-state index contributed by atoms with van der Waals surface area (Å²) in [6, 6.07) is 0. The molecular formula is C22H42N2O6. The van der Waals surface area contributed by atoms with E-state index in [-0.39, 0.29) is 38.7 Å². The van der Waals surface area contributed by atoms with E-state index in [0.29, 0.717) is 6.42 Å². The molecule has 0 atom stereocenters. The number of amides is 1. The van der Waals surface area contributed by atoms with Gasteiger partial charge in [0.05, 0.1) is 13.2 Å². The molecule has 0 aliphatic carbocycles. The Bertz CT molecular complexity index is 473. The normalized spacial score (nSPS) is 11.0. The Hall–Kier alpha value is -1.67. The van der Waals surface area contributed by atoms with Crippen LogP contribution in [0.25, 0.3) is 0 Å². The number of hydrogen-bond acceptors (Lipinski definition) is 5. The molecule has 0 heterocycles. The zero-order chi connectivity index (χ0) is 22.6. The minimum Gasteiger partial charge on any atom is -0.480 e. The van der Waals surface area contributed by atoms with Crippen LogP contribution in [0.1, 0.15) is 84.0 Å². The molecule has 1 amide bonds. The number of aliphatic hydroxyl groups is 1. The lowest BCUT2D eigenvalue weighted by atomic mass is 10.1. The number of rotatable bonds is 21. The minimum absolute atomic E-state index is 0.135. The Morgan fingerprint density at radius 2 is 1.17 bits per heavy atom. The monoisotopic (exact) mass is 430 g/mol. The number of unbranched alkanes of at least 4 members (excludes halogenated alkanes) is 10. The molecule has 8 nitrogen and oxygen atoms in total. The molecular weight excluding hydrogens is 388 g/mol. The van der Waals surface area contributed by atoms with Crippen LogP contribution in [0.3, 0.4) is 0 Å². The molecule has 0 aliphatic heterocycles. The van der Waals surface area contributed by atoms with Crippen LogP contribution in [0.4, 0.5) is 0 Å². The van der Waals surface area contributed by atoms with Gasteiger partial charge in [-0.05, 0) is 6.42 Å². The summed E-state index contributed by atoms with van der Waals surface area (Å²) in [4.78, 5) is 37.1. The van der Waals surface area contributed by atoms with E-state index in [9.17, 15) is 14.4 Å². The van der Waals surface area contributed by atoms with Crippen molar-refractivity contribution in [3.05, 3.63) is 0 Å². The van der Waals surface area contributed by atoms with E-state index >= 15 is 0 Å². The zero-order valence-electron chi connectivity index (χ0n) is 18.7. The van der Waals surface area contributed by atoms with Crippen LogP contribution >= 0.6 is 0 Å². The summed E-state index contributed by atoms with van der Waals surface area (Å²) in [6.07, 6.45) is 13.3. The zero-order valence-corrected chi connectivity index (χ0v) is 18.7. The van der Waals surface area contributed by atoms with E-state index in [4.69, 9.17) is 15.3 Å². The first-order valence-corrected chi connectivity index (χ1v) is 11.4. The van der Waals surface area contributed by atoms with Crippen molar-refractivity contribution in [2.45, 2.75) is 84.0 Å². The summed E-state index contributed by atoms with van der Waals surface area (Å²) in [5, 5.41) is 27.0. The second-order valence-electron chi connectivity index (χ2n) is 7.89. The van der Waals surface area contributed by atoms with Gasteiger partial charge in [-0.3, -0.25) is 19.3 Å². The summed E-state index contributed by atoms with van der Waals surface area (Å²) in [5.74, 6) is -2.33. The van der Waals surface area contributed by atoms with Crippen molar-refractivity contribution in [3.63, 3.8) is 0 Å². The van der Waals surface area contributed by atoms with Gasteiger partial charge in [-0.2, -0.15) is 0 Å². The van der Waals surface area contributed by atoms with E-state index in [0.717, 1.165) is 19.3 Å². The predicted molar refractivity (Wildman–Crippen MR) is 116 cm³/mol. The lowest BCUT2D eigenvalue weighted by molar-refractivity contribution is -0.145. The van der Waals surface area contributed by atoms with E-state index in [1.54, 1.807) is 0 Å². The second kappa shape index (κ2) is 19.3. The first kappa shape index (κ1) is 28.3. The van der Waals surface area contributed by atoms with Crippen molar-refractivity contribution in [2.24, 2.45) is 0 Å². The molecule has 176 valence electrons. The van der Waals surface area contributed by atoms with E-state index in [2.05, 4.69) is 6.92 Å². The number of carboxylic acid groups (broad SMARTS) is 2. The van der Waals surface area contributed by atoms with Gasteiger partial charge in [0, 0.05) is 26.1 Å². The van der Waals surface area contributed by atoms with Gasteiger partial charge in [0.1, 0.15) is 6.54 Å². The topological polar surface area (TPSA) is 118 Å². The first-order valence-electron chi connectivity index (χ1n) is 11.4. The van der Waals surface area contributed by atoms with Gasteiger partial charge >= 0.3 is 11.9 Å². The minimum atomic E-state index is -1.09. The van der Waals surface area contributed by atoms with Crippen LogP contribution in [0, 0.1) is 0 Å². The Kier molecular flexibility index (Phi) is 18.2. The molecule has 0 aromatic carbocycles. The highest BCUT2D eigenvalue weighted by Gasteiger charge is 2.18. The third-order valence-corrected chi connectivity index (χ3v) is 5.13. The number of hydrogen-bond donors (Lipinski definition) is 3. The Morgan fingerprint density at radius 1 is 0.667 bits per heavy atom. The summed E-state index contributed by atoms with van der Waals surface area (Å²) in [6.45, 7) is 1.89. The third kappa shape index (κ3) is 17.2. The average molecular weight is 431 g/mol. The van der Waals surface area contributed by atoms with Crippen molar-refractivity contribution in [1.29, 1.82) is 0 Å². The molecule has 30 heavy (non-hydrogen) atoms. The molecule has 0 bridgehead atoms. The van der Waals surface area contributed by atoms with Gasteiger partial charge in [0.25, 0.3) is 0 Å². The fourth-order valence-electron chi connectivity index (χ4n) is 3.42. The number of carbonyl (C=O) groups is 3. The lowest BCUT2D eigenvalue weighted by Crippen LogP contribution is -2.43. The number of aliphatic carboxylic acids is 2. The van der Waals surface area contributed by atoms with Crippen molar-refractivity contribution < 1.29 is 29.7 Å². The quantitative estimate of drug-likeness (QED) is 0.240. The molecule has 0 spiro atoms. The number of carbonyl (C=O) groups excluding carboxylic acids is 1. The van der Waals surface area contributed by atoms with Gasteiger partial charge in [-0.25, -0.2) is 0 Å². The second-order valence-corrected chi connectivity index (χ2v) is 7.89. The molecule has 3 N–H and O–H groups in total. The number of aliphatic hydroxyl groups excluding tert-OH is 1. The molecule has 0 fully saturated rings. The average Bonchev–Trinajstić information content (AvgIpc) is 2.68. The number of nitrogens with zero attached hydrogens (tertiary/aromatic N) is 2. The molecule has 0 aliphatic rings. The maximum atomic E-state index is 12.4. The summed E-state index contributed by atoms with van der Waals surface area (Å²) < 4.78 is 0. The van der Waals surface area contributed by atoms with E-state index in [1.807, 2.05) is 0 Å². The van der Waals surface area contributed by atoms with Gasteiger partial charge < -0.3 is 20.2 Å². The fraction of sp³-hybridized carbons (Fsp3) is 0.864. The highest BCUT2D eigenvalue weighted by molar-refractivity contribution is 5.81. The largest absolute Gasteiger partial charge is 0.480 e. The molecule has 0 saturated carbocycles. The molecule has 0 saturated heterocycles. The van der Waals surface area contributed by atoms with Crippen molar-refractivity contribution in [3.8, 4) is 0 Å². The van der Waals surface area contributed by atoms with Crippen LogP contribution in [-0.4, -0.2) is 82.3 Å². The summed E-state index contributed by atoms with van der Waals surface area (Å²) >= 11 is 0. The summed E-state index contributed by atoms with van der Waals surface area (Å²) in [5.41, 5.74) is 0. The van der Waals surface area contributed by atoms with Gasteiger partial charge in [-0.15, -0.1) is 0 Å². The van der Waals surface area contributed by atoms with Crippen molar-refractivity contribution >= 4 is 17.8 Å². The maximum absolute atomic E-state index is 12.4. The van der Waals surface area contributed by atoms with Crippen LogP contribution in [0.2, 0.25) is 0 Å². The molecule has 0 aromatic rings. The van der Waals surface area contributed by atoms with Gasteiger partial charge in [-0.1, -0.05) is 71.1 Å². The third-order valence-electron chi connectivity index (χ3n) is 5.13. The Morgan fingerprint density at radius 3 is 1.63 bits per heavy atom. The molecule has 0 unspecified atom stereocenters. The van der Waals surface area contributed by atoms with Gasteiger partial charge in [0.2, 0.25) is 5.91 Å². The Balaban J connectivity index is 4.08. The molecule has 0 aromatic heterocycles. The van der Waals surface area contributed by atoms with Gasteiger partial charge in [0.15, 0.2) is 0 Å².